The van der Waals surface area contributed by atoms with E-state index in [0.717, 1.165) is 0 Å². The van der Waals surface area contributed by atoms with Crippen molar-refractivity contribution in [3.63, 3.8) is 0 Å². The van der Waals surface area contributed by atoms with Gasteiger partial charge < -0.3 is 5.73 Å². The molecule has 0 aliphatic heterocycles. The van der Waals surface area contributed by atoms with Gasteiger partial charge in [0.1, 0.15) is 5.82 Å². The monoisotopic (exact) mass is 235 g/mol. The first kappa shape index (κ1) is 12.6. The average molecular weight is 235 g/mol. The Hall–Kier alpha value is -0.890. The third-order valence-corrected chi connectivity index (χ3v) is 4.02. The first-order valence-electron chi connectivity index (χ1n) is 6.77. The lowest BCUT2D eigenvalue weighted by Crippen LogP contribution is -2.21. The summed E-state index contributed by atoms with van der Waals surface area (Å²) >= 11 is 0. The summed E-state index contributed by atoms with van der Waals surface area (Å²) in [6.45, 7) is 0.677. The second kappa shape index (κ2) is 6.15. The lowest BCUT2D eigenvalue weighted by atomic mass is 9.81. The van der Waals surface area contributed by atoms with E-state index in [2.05, 4.69) is 0 Å². The lowest BCUT2D eigenvalue weighted by molar-refractivity contribution is 0.380. The average Bonchev–Trinajstić information content (AvgIpc) is 2.62. The van der Waals surface area contributed by atoms with Crippen molar-refractivity contribution in [1.82, 2.24) is 0 Å². The van der Waals surface area contributed by atoms with Gasteiger partial charge >= 0.3 is 0 Å². The van der Waals surface area contributed by atoms with Crippen LogP contribution in [0.3, 0.4) is 0 Å². The molecule has 2 rings (SSSR count). The van der Waals surface area contributed by atoms with Crippen LogP contribution in [0.2, 0.25) is 0 Å². The molecular weight excluding hydrogens is 213 g/mol. The molecule has 1 saturated carbocycles. The van der Waals surface area contributed by atoms with Crippen molar-refractivity contribution in [3.05, 3.63) is 35.6 Å². The highest BCUT2D eigenvalue weighted by Crippen LogP contribution is 2.34. The second-order valence-corrected chi connectivity index (χ2v) is 5.15. The van der Waals surface area contributed by atoms with Gasteiger partial charge in [0.15, 0.2) is 0 Å². The van der Waals surface area contributed by atoms with Crippen molar-refractivity contribution in [3.8, 4) is 0 Å². The van der Waals surface area contributed by atoms with E-state index in [9.17, 15) is 4.39 Å². The Morgan fingerprint density at radius 2 is 1.65 bits per heavy atom. The molecular formula is C15H22FN. The van der Waals surface area contributed by atoms with Crippen LogP contribution in [0.1, 0.15) is 50.0 Å². The predicted octanol–water partition coefficient (Wildman–Crippen LogP) is 3.84. The molecule has 1 atom stereocenters. The van der Waals surface area contributed by atoms with Crippen molar-refractivity contribution in [2.45, 2.75) is 44.4 Å². The normalized spacial score (nSPS) is 19.9. The maximum Gasteiger partial charge on any atom is 0.123 e. The third-order valence-electron chi connectivity index (χ3n) is 4.02. The SMILES string of the molecule is NCC(c1ccc(F)cc1)C1CCCCCC1. The molecule has 94 valence electrons. The second-order valence-electron chi connectivity index (χ2n) is 5.15. The molecule has 0 saturated heterocycles. The van der Waals surface area contributed by atoms with Gasteiger partial charge in [0.2, 0.25) is 0 Å². The Morgan fingerprint density at radius 1 is 1.06 bits per heavy atom. The van der Waals surface area contributed by atoms with Crippen LogP contribution in [0.25, 0.3) is 0 Å². The highest BCUT2D eigenvalue weighted by molar-refractivity contribution is 5.21. The molecule has 0 radical (unpaired) electrons. The van der Waals surface area contributed by atoms with Crippen molar-refractivity contribution in [2.24, 2.45) is 11.7 Å². The van der Waals surface area contributed by atoms with Gasteiger partial charge in [-0.1, -0.05) is 37.8 Å². The molecule has 1 fully saturated rings. The van der Waals surface area contributed by atoms with Crippen molar-refractivity contribution in [1.29, 1.82) is 0 Å². The molecule has 0 aromatic heterocycles. The summed E-state index contributed by atoms with van der Waals surface area (Å²) in [6, 6.07) is 6.90. The number of benzene rings is 1. The van der Waals surface area contributed by atoms with E-state index >= 15 is 0 Å². The van der Waals surface area contributed by atoms with Gasteiger partial charge in [-0.15, -0.1) is 0 Å². The van der Waals surface area contributed by atoms with Crippen LogP contribution in [0.4, 0.5) is 4.39 Å². The number of rotatable bonds is 3. The van der Waals surface area contributed by atoms with Crippen LogP contribution in [-0.2, 0) is 0 Å². The number of halogens is 1. The van der Waals surface area contributed by atoms with Gasteiger partial charge in [-0.2, -0.15) is 0 Å². The van der Waals surface area contributed by atoms with E-state index in [1.54, 1.807) is 12.1 Å². The zero-order chi connectivity index (χ0) is 12.1. The Labute approximate surface area is 103 Å². The minimum absolute atomic E-state index is 0.162. The highest BCUT2D eigenvalue weighted by atomic mass is 19.1. The molecule has 1 aromatic rings. The summed E-state index contributed by atoms with van der Waals surface area (Å²) in [5.74, 6) is 0.937. The van der Waals surface area contributed by atoms with Crippen LogP contribution < -0.4 is 5.73 Å². The summed E-state index contributed by atoms with van der Waals surface area (Å²) in [5.41, 5.74) is 7.14. The molecule has 2 heteroatoms. The van der Waals surface area contributed by atoms with E-state index in [1.807, 2.05) is 12.1 Å². The first-order valence-corrected chi connectivity index (χ1v) is 6.77. The highest BCUT2D eigenvalue weighted by Gasteiger charge is 2.22. The van der Waals surface area contributed by atoms with Crippen LogP contribution in [0.15, 0.2) is 24.3 Å². The summed E-state index contributed by atoms with van der Waals surface area (Å²) in [6.07, 6.45) is 7.91. The third kappa shape index (κ3) is 3.29. The van der Waals surface area contributed by atoms with E-state index in [1.165, 1.54) is 44.1 Å². The molecule has 2 N–H and O–H groups in total. The van der Waals surface area contributed by atoms with Crippen LogP contribution in [-0.4, -0.2) is 6.54 Å². The van der Waals surface area contributed by atoms with Gasteiger partial charge in [0, 0.05) is 0 Å². The maximum absolute atomic E-state index is 12.9. The van der Waals surface area contributed by atoms with Gasteiger partial charge in [0.25, 0.3) is 0 Å². The zero-order valence-corrected chi connectivity index (χ0v) is 10.4. The van der Waals surface area contributed by atoms with E-state index in [0.29, 0.717) is 18.4 Å². The Bertz CT molecular complexity index is 325. The van der Waals surface area contributed by atoms with E-state index in [4.69, 9.17) is 5.73 Å². The Balaban J connectivity index is 2.11. The quantitative estimate of drug-likeness (QED) is 0.791. The fourth-order valence-corrected chi connectivity index (χ4v) is 3.02. The smallest absolute Gasteiger partial charge is 0.123 e. The van der Waals surface area contributed by atoms with Crippen LogP contribution in [0.5, 0.6) is 0 Å². The summed E-state index contributed by atoms with van der Waals surface area (Å²) in [4.78, 5) is 0. The van der Waals surface area contributed by atoms with Gasteiger partial charge in [0.05, 0.1) is 0 Å². The molecule has 1 aliphatic carbocycles. The lowest BCUT2D eigenvalue weighted by Gasteiger charge is -2.25. The molecule has 0 spiro atoms. The van der Waals surface area contributed by atoms with E-state index < -0.39 is 0 Å². The minimum atomic E-state index is -0.162. The largest absolute Gasteiger partial charge is 0.330 e. The first-order chi connectivity index (χ1) is 8.31. The van der Waals surface area contributed by atoms with Gasteiger partial charge in [-0.25, -0.2) is 4.39 Å². The zero-order valence-electron chi connectivity index (χ0n) is 10.4. The fraction of sp³-hybridized carbons (Fsp3) is 0.600. The topological polar surface area (TPSA) is 26.0 Å². The van der Waals surface area contributed by atoms with Crippen LogP contribution >= 0.6 is 0 Å². The van der Waals surface area contributed by atoms with Crippen molar-refractivity contribution < 1.29 is 4.39 Å². The number of nitrogens with two attached hydrogens (primary N) is 1. The fourth-order valence-electron chi connectivity index (χ4n) is 3.02. The van der Waals surface area contributed by atoms with E-state index in [-0.39, 0.29) is 5.82 Å². The maximum atomic E-state index is 12.9. The molecule has 1 aromatic carbocycles. The predicted molar refractivity (Wildman–Crippen MR) is 69.4 cm³/mol. The van der Waals surface area contributed by atoms with Crippen molar-refractivity contribution >= 4 is 0 Å². The molecule has 17 heavy (non-hydrogen) atoms. The number of hydrogen-bond donors (Lipinski definition) is 1. The molecule has 1 unspecified atom stereocenters. The standard InChI is InChI=1S/C15H22FN/c16-14-9-7-13(8-10-14)15(11-17)12-5-3-1-2-4-6-12/h7-10,12,15H,1-6,11,17H2. The van der Waals surface area contributed by atoms with Crippen molar-refractivity contribution in [2.75, 3.05) is 6.54 Å². The van der Waals surface area contributed by atoms with Crippen LogP contribution in [0, 0.1) is 11.7 Å². The summed E-state index contributed by atoms with van der Waals surface area (Å²) < 4.78 is 12.9. The summed E-state index contributed by atoms with van der Waals surface area (Å²) in [5, 5.41) is 0. The Morgan fingerprint density at radius 3 is 2.18 bits per heavy atom. The van der Waals surface area contributed by atoms with Gasteiger partial charge in [-0.05, 0) is 48.9 Å². The molecule has 0 heterocycles. The molecule has 0 amide bonds. The van der Waals surface area contributed by atoms with Gasteiger partial charge in [-0.3, -0.25) is 0 Å². The molecule has 1 aliphatic rings. The molecule has 0 bridgehead atoms. The molecule has 1 nitrogen and oxygen atoms in total. The Kier molecular flexibility index (Phi) is 4.55. The summed E-state index contributed by atoms with van der Waals surface area (Å²) in [7, 11) is 0. The minimum Gasteiger partial charge on any atom is -0.330 e. The number of hydrogen-bond acceptors (Lipinski definition) is 1.